The molecule has 0 saturated carbocycles. The van der Waals surface area contributed by atoms with E-state index in [4.69, 9.17) is 0 Å². The monoisotopic (exact) mass is 229 g/mol. The van der Waals surface area contributed by atoms with Crippen molar-refractivity contribution in [1.29, 1.82) is 0 Å². The van der Waals surface area contributed by atoms with Crippen LogP contribution in [0.15, 0.2) is 47.4 Å². The summed E-state index contributed by atoms with van der Waals surface area (Å²) in [5.41, 5.74) is 1.09. The molecule has 0 bridgehead atoms. The molecule has 1 atom stereocenters. The third-order valence-corrected chi connectivity index (χ3v) is 2.71. The quantitative estimate of drug-likeness (QED) is 0.875. The molecule has 88 valence electrons. The number of nitrogens with zero attached hydrogens (tertiary/aromatic N) is 2. The third-order valence-electron chi connectivity index (χ3n) is 2.71. The Morgan fingerprint density at radius 2 is 1.94 bits per heavy atom. The van der Waals surface area contributed by atoms with Crippen LogP contribution in [-0.2, 0) is 7.05 Å². The fraction of sp³-hybridized carbons (Fsp3) is 0.231. The van der Waals surface area contributed by atoms with Gasteiger partial charge in [0.2, 0.25) is 5.95 Å². The first-order chi connectivity index (χ1) is 8.18. The lowest BCUT2D eigenvalue weighted by Gasteiger charge is -2.16. The minimum absolute atomic E-state index is 0.0669. The highest BCUT2D eigenvalue weighted by Gasteiger charge is 2.07. The fourth-order valence-corrected chi connectivity index (χ4v) is 1.63. The number of rotatable bonds is 3. The Labute approximate surface area is 99.9 Å². The summed E-state index contributed by atoms with van der Waals surface area (Å²) in [6.07, 6.45) is 1.52. The Bertz CT molecular complexity index is 548. The van der Waals surface area contributed by atoms with Gasteiger partial charge in [-0.3, -0.25) is 9.36 Å². The number of benzene rings is 1. The van der Waals surface area contributed by atoms with Gasteiger partial charge in [0.05, 0.1) is 6.04 Å². The smallest absolute Gasteiger partial charge is 0.254 e. The lowest BCUT2D eigenvalue weighted by atomic mass is 10.1. The second-order valence-electron chi connectivity index (χ2n) is 3.94. The molecule has 1 aromatic heterocycles. The summed E-state index contributed by atoms with van der Waals surface area (Å²) in [5, 5.41) is 3.22. The Balaban J connectivity index is 2.22. The molecule has 1 heterocycles. The molecule has 2 aromatic rings. The SMILES string of the molecule is CC(Nc1nccc(=O)n1C)c1ccccc1. The molecule has 4 nitrogen and oxygen atoms in total. The lowest BCUT2D eigenvalue weighted by Crippen LogP contribution is -2.22. The van der Waals surface area contributed by atoms with Gasteiger partial charge in [0.15, 0.2) is 0 Å². The Hall–Kier alpha value is -2.10. The van der Waals surface area contributed by atoms with Gasteiger partial charge in [-0.1, -0.05) is 30.3 Å². The molecule has 0 aliphatic rings. The van der Waals surface area contributed by atoms with Crippen LogP contribution >= 0.6 is 0 Å². The highest BCUT2D eigenvalue weighted by molar-refractivity contribution is 5.31. The van der Waals surface area contributed by atoms with Crippen LogP contribution in [0.5, 0.6) is 0 Å². The number of anilines is 1. The molecular weight excluding hydrogens is 214 g/mol. The van der Waals surface area contributed by atoms with Crippen molar-refractivity contribution in [2.24, 2.45) is 7.05 Å². The van der Waals surface area contributed by atoms with Gasteiger partial charge in [-0.2, -0.15) is 0 Å². The van der Waals surface area contributed by atoms with E-state index in [2.05, 4.69) is 10.3 Å². The number of nitrogens with one attached hydrogen (secondary N) is 1. The molecule has 0 radical (unpaired) electrons. The Kier molecular flexibility index (Phi) is 3.23. The van der Waals surface area contributed by atoms with E-state index in [-0.39, 0.29) is 11.6 Å². The summed E-state index contributed by atoms with van der Waals surface area (Å²) in [4.78, 5) is 15.6. The van der Waals surface area contributed by atoms with Crippen molar-refractivity contribution in [3.63, 3.8) is 0 Å². The minimum Gasteiger partial charge on any atom is -0.349 e. The van der Waals surface area contributed by atoms with Crippen molar-refractivity contribution in [3.8, 4) is 0 Å². The molecule has 0 aliphatic heterocycles. The zero-order valence-corrected chi connectivity index (χ0v) is 9.92. The van der Waals surface area contributed by atoms with E-state index in [0.717, 1.165) is 5.56 Å². The maximum absolute atomic E-state index is 11.4. The lowest BCUT2D eigenvalue weighted by molar-refractivity contribution is 0.780. The predicted octanol–water partition coefficient (Wildman–Crippen LogP) is 1.95. The van der Waals surface area contributed by atoms with Gasteiger partial charge in [-0.05, 0) is 12.5 Å². The molecule has 0 amide bonds. The van der Waals surface area contributed by atoms with Crippen LogP contribution in [0.1, 0.15) is 18.5 Å². The van der Waals surface area contributed by atoms with Crippen LogP contribution in [0.4, 0.5) is 5.95 Å². The normalized spacial score (nSPS) is 12.1. The van der Waals surface area contributed by atoms with Gasteiger partial charge in [-0.15, -0.1) is 0 Å². The van der Waals surface area contributed by atoms with Crippen LogP contribution in [0.25, 0.3) is 0 Å². The van der Waals surface area contributed by atoms with E-state index >= 15 is 0 Å². The summed E-state index contributed by atoms with van der Waals surface area (Å²) >= 11 is 0. The van der Waals surface area contributed by atoms with Crippen LogP contribution in [0.2, 0.25) is 0 Å². The third kappa shape index (κ3) is 2.53. The molecule has 1 N–H and O–H groups in total. The summed E-state index contributed by atoms with van der Waals surface area (Å²) in [5.74, 6) is 0.578. The molecule has 1 aromatic carbocycles. The molecule has 17 heavy (non-hydrogen) atoms. The molecular formula is C13H15N3O. The van der Waals surface area contributed by atoms with Crippen LogP contribution < -0.4 is 10.9 Å². The largest absolute Gasteiger partial charge is 0.349 e. The molecule has 2 rings (SSSR count). The van der Waals surface area contributed by atoms with Crippen LogP contribution in [0.3, 0.4) is 0 Å². The summed E-state index contributed by atoms with van der Waals surface area (Å²) in [6, 6.07) is 11.6. The van der Waals surface area contributed by atoms with Gasteiger partial charge >= 0.3 is 0 Å². The van der Waals surface area contributed by atoms with Crippen molar-refractivity contribution >= 4 is 5.95 Å². The molecule has 0 saturated heterocycles. The number of hydrogen-bond donors (Lipinski definition) is 1. The highest BCUT2D eigenvalue weighted by Crippen LogP contribution is 2.15. The predicted molar refractivity (Wildman–Crippen MR) is 68.0 cm³/mol. The standard InChI is InChI=1S/C13H15N3O/c1-10(11-6-4-3-5-7-11)15-13-14-9-8-12(17)16(13)2/h3-10H,1-2H3,(H,14,15). The zero-order chi connectivity index (χ0) is 12.3. The number of aromatic nitrogens is 2. The fourth-order valence-electron chi connectivity index (χ4n) is 1.63. The van der Waals surface area contributed by atoms with Crippen molar-refractivity contribution in [3.05, 3.63) is 58.5 Å². The van der Waals surface area contributed by atoms with E-state index in [9.17, 15) is 4.79 Å². The highest BCUT2D eigenvalue weighted by atomic mass is 16.1. The van der Waals surface area contributed by atoms with Crippen molar-refractivity contribution in [2.45, 2.75) is 13.0 Å². The van der Waals surface area contributed by atoms with Crippen LogP contribution in [0, 0.1) is 0 Å². The van der Waals surface area contributed by atoms with Gasteiger partial charge < -0.3 is 5.32 Å². The van der Waals surface area contributed by atoms with Gasteiger partial charge in [-0.25, -0.2) is 4.98 Å². The topological polar surface area (TPSA) is 46.9 Å². The second-order valence-corrected chi connectivity index (χ2v) is 3.94. The molecule has 0 spiro atoms. The first kappa shape index (κ1) is 11.4. The van der Waals surface area contributed by atoms with E-state index in [0.29, 0.717) is 5.95 Å². The molecule has 0 fully saturated rings. The minimum atomic E-state index is -0.0669. The molecule has 1 unspecified atom stereocenters. The second kappa shape index (κ2) is 4.82. The molecule has 4 heteroatoms. The van der Waals surface area contributed by atoms with E-state index in [1.165, 1.54) is 16.8 Å². The van der Waals surface area contributed by atoms with E-state index in [1.807, 2.05) is 37.3 Å². The molecule has 0 aliphatic carbocycles. The first-order valence-corrected chi connectivity index (χ1v) is 5.52. The van der Waals surface area contributed by atoms with E-state index < -0.39 is 0 Å². The van der Waals surface area contributed by atoms with Gasteiger partial charge in [0, 0.05) is 19.3 Å². The number of hydrogen-bond acceptors (Lipinski definition) is 3. The van der Waals surface area contributed by atoms with Crippen LogP contribution in [-0.4, -0.2) is 9.55 Å². The van der Waals surface area contributed by atoms with E-state index in [1.54, 1.807) is 7.05 Å². The van der Waals surface area contributed by atoms with Crippen molar-refractivity contribution in [1.82, 2.24) is 9.55 Å². The summed E-state index contributed by atoms with van der Waals surface area (Å²) < 4.78 is 1.50. The zero-order valence-electron chi connectivity index (χ0n) is 9.92. The van der Waals surface area contributed by atoms with Crippen molar-refractivity contribution in [2.75, 3.05) is 5.32 Å². The summed E-state index contributed by atoms with van der Waals surface area (Å²) in [6.45, 7) is 2.04. The maximum Gasteiger partial charge on any atom is 0.254 e. The average Bonchev–Trinajstić information content (AvgIpc) is 2.36. The van der Waals surface area contributed by atoms with Crippen molar-refractivity contribution < 1.29 is 0 Å². The average molecular weight is 229 g/mol. The van der Waals surface area contributed by atoms with Gasteiger partial charge in [0.1, 0.15) is 0 Å². The van der Waals surface area contributed by atoms with Gasteiger partial charge in [0.25, 0.3) is 5.56 Å². The first-order valence-electron chi connectivity index (χ1n) is 5.52. The Morgan fingerprint density at radius 3 is 2.65 bits per heavy atom. The Morgan fingerprint density at radius 1 is 1.24 bits per heavy atom. The maximum atomic E-state index is 11.4. The summed E-state index contributed by atoms with van der Waals surface area (Å²) in [7, 11) is 1.70.